The van der Waals surface area contributed by atoms with Crippen molar-refractivity contribution in [2.45, 2.75) is 26.5 Å². The fourth-order valence-electron chi connectivity index (χ4n) is 2.46. The first-order chi connectivity index (χ1) is 13.9. The highest BCUT2D eigenvalue weighted by atomic mass is 19.1. The van der Waals surface area contributed by atoms with E-state index in [2.05, 4.69) is 15.8 Å². The van der Waals surface area contributed by atoms with E-state index in [1.807, 2.05) is 13.8 Å². The highest BCUT2D eigenvalue weighted by Crippen LogP contribution is 2.18. The Hall–Kier alpha value is -3.68. The molecule has 2 N–H and O–H groups in total. The minimum absolute atomic E-state index is 0.00344. The molecule has 7 nitrogen and oxygen atoms in total. The van der Waals surface area contributed by atoms with Gasteiger partial charge in [-0.25, -0.2) is 4.39 Å². The smallest absolute Gasteiger partial charge is 0.273 e. The number of anilines is 1. The van der Waals surface area contributed by atoms with Crippen LogP contribution in [0.3, 0.4) is 0 Å². The summed E-state index contributed by atoms with van der Waals surface area (Å²) in [7, 11) is 0. The zero-order valence-corrected chi connectivity index (χ0v) is 15.9. The van der Waals surface area contributed by atoms with Gasteiger partial charge in [0.25, 0.3) is 11.8 Å². The van der Waals surface area contributed by atoms with Crippen molar-refractivity contribution < 1.29 is 23.2 Å². The lowest BCUT2D eigenvalue weighted by atomic mass is 10.2. The second kappa shape index (κ2) is 9.01. The van der Waals surface area contributed by atoms with E-state index >= 15 is 0 Å². The topological polar surface area (TPSA) is 93.5 Å². The Bertz CT molecular complexity index is 999. The number of aromatic nitrogens is 1. The maximum absolute atomic E-state index is 13.7. The van der Waals surface area contributed by atoms with Crippen LogP contribution in [0.5, 0.6) is 5.75 Å². The fraction of sp³-hybridized carbons (Fsp3) is 0.190. The van der Waals surface area contributed by atoms with Crippen LogP contribution >= 0.6 is 0 Å². The third kappa shape index (κ3) is 5.41. The number of halogens is 1. The number of rotatable bonds is 7. The SMILES string of the molecule is CC(C)NC(=O)c1cc(COc2ccc(NC(=O)c3ccccc3F)cc2)on1. The van der Waals surface area contributed by atoms with Gasteiger partial charge in [-0.15, -0.1) is 0 Å². The van der Waals surface area contributed by atoms with E-state index in [1.54, 1.807) is 30.3 Å². The number of hydrogen-bond acceptors (Lipinski definition) is 5. The molecule has 0 saturated heterocycles. The standard InChI is InChI=1S/C21H20FN3O4/c1-13(2)23-21(27)19-11-16(29-25-19)12-28-15-9-7-14(8-10-15)24-20(26)17-5-3-4-6-18(17)22/h3-11,13H,12H2,1-2H3,(H,23,27)(H,24,26). The molecular formula is C21H20FN3O4. The van der Waals surface area contributed by atoms with Crippen LogP contribution in [0.1, 0.15) is 40.5 Å². The Labute approximate surface area is 166 Å². The summed E-state index contributed by atoms with van der Waals surface area (Å²) in [5.74, 6) is -0.511. The number of carbonyl (C=O) groups is 2. The minimum atomic E-state index is -0.585. The van der Waals surface area contributed by atoms with Gasteiger partial charge in [0, 0.05) is 17.8 Å². The minimum Gasteiger partial charge on any atom is -0.486 e. The molecule has 2 aromatic carbocycles. The average molecular weight is 397 g/mol. The maximum atomic E-state index is 13.7. The van der Waals surface area contributed by atoms with Gasteiger partial charge in [-0.3, -0.25) is 9.59 Å². The summed E-state index contributed by atoms with van der Waals surface area (Å²) in [6.07, 6.45) is 0. The summed E-state index contributed by atoms with van der Waals surface area (Å²) in [5.41, 5.74) is 0.650. The van der Waals surface area contributed by atoms with E-state index in [-0.39, 0.29) is 29.8 Å². The molecule has 0 aliphatic carbocycles. The van der Waals surface area contributed by atoms with Crippen molar-refractivity contribution in [2.75, 3.05) is 5.32 Å². The van der Waals surface area contributed by atoms with Crippen LogP contribution in [0.4, 0.5) is 10.1 Å². The molecule has 2 amide bonds. The lowest BCUT2D eigenvalue weighted by Crippen LogP contribution is -2.30. The molecular weight excluding hydrogens is 377 g/mol. The van der Waals surface area contributed by atoms with Gasteiger partial charge in [-0.2, -0.15) is 0 Å². The van der Waals surface area contributed by atoms with Crippen LogP contribution in [-0.2, 0) is 6.61 Å². The third-order valence-corrected chi connectivity index (χ3v) is 3.82. The molecule has 29 heavy (non-hydrogen) atoms. The van der Waals surface area contributed by atoms with Crippen molar-refractivity contribution in [3.8, 4) is 5.75 Å². The van der Waals surface area contributed by atoms with Gasteiger partial charge in [0.15, 0.2) is 11.5 Å². The van der Waals surface area contributed by atoms with Crippen molar-refractivity contribution >= 4 is 17.5 Å². The lowest BCUT2D eigenvalue weighted by Gasteiger charge is -2.08. The lowest BCUT2D eigenvalue weighted by molar-refractivity contribution is 0.0933. The van der Waals surface area contributed by atoms with Crippen LogP contribution in [0.25, 0.3) is 0 Å². The van der Waals surface area contributed by atoms with Crippen LogP contribution < -0.4 is 15.4 Å². The fourth-order valence-corrected chi connectivity index (χ4v) is 2.46. The molecule has 8 heteroatoms. The predicted octanol–water partition coefficient (Wildman–Crippen LogP) is 3.78. The second-order valence-corrected chi connectivity index (χ2v) is 6.55. The summed E-state index contributed by atoms with van der Waals surface area (Å²) in [5, 5.41) is 9.07. The predicted molar refractivity (Wildman–Crippen MR) is 104 cm³/mol. The van der Waals surface area contributed by atoms with Crippen molar-refractivity contribution in [1.29, 1.82) is 0 Å². The van der Waals surface area contributed by atoms with E-state index in [4.69, 9.17) is 9.26 Å². The van der Waals surface area contributed by atoms with Crippen molar-refractivity contribution in [3.05, 3.63) is 77.4 Å². The van der Waals surface area contributed by atoms with Gasteiger partial charge >= 0.3 is 0 Å². The summed E-state index contributed by atoms with van der Waals surface area (Å²) in [6.45, 7) is 3.79. The van der Waals surface area contributed by atoms with E-state index in [9.17, 15) is 14.0 Å². The number of amides is 2. The normalized spacial score (nSPS) is 10.6. The summed E-state index contributed by atoms with van der Waals surface area (Å²) < 4.78 is 24.4. The molecule has 1 heterocycles. The zero-order valence-electron chi connectivity index (χ0n) is 15.9. The Morgan fingerprint density at radius 1 is 1.10 bits per heavy atom. The Kier molecular flexibility index (Phi) is 6.23. The highest BCUT2D eigenvalue weighted by Gasteiger charge is 2.14. The van der Waals surface area contributed by atoms with Crippen LogP contribution in [-0.4, -0.2) is 23.0 Å². The average Bonchev–Trinajstić information content (AvgIpc) is 3.16. The Balaban J connectivity index is 1.55. The zero-order chi connectivity index (χ0) is 20.8. The van der Waals surface area contributed by atoms with Gasteiger partial charge < -0.3 is 19.9 Å². The van der Waals surface area contributed by atoms with Gasteiger partial charge in [0.05, 0.1) is 5.56 Å². The summed E-state index contributed by atoms with van der Waals surface area (Å²) in [4.78, 5) is 24.0. The Morgan fingerprint density at radius 3 is 2.52 bits per heavy atom. The van der Waals surface area contributed by atoms with Crippen LogP contribution in [0.2, 0.25) is 0 Å². The van der Waals surface area contributed by atoms with Gasteiger partial charge in [-0.05, 0) is 50.2 Å². The van der Waals surface area contributed by atoms with E-state index in [1.165, 1.54) is 24.3 Å². The maximum Gasteiger partial charge on any atom is 0.273 e. The quantitative estimate of drug-likeness (QED) is 0.633. The molecule has 0 aliphatic heterocycles. The number of ether oxygens (including phenoxy) is 1. The number of hydrogen-bond donors (Lipinski definition) is 2. The number of nitrogens with zero attached hydrogens (tertiary/aromatic N) is 1. The molecule has 0 fully saturated rings. The highest BCUT2D eigenvalue weighted by molar-refractivity contribution is 6.04. The molecule has 0 unspecified atom stereocenters. The van der Waals surface area contributed by atoms with Crippen molar-refractivity contribution in [3.63, 3.8) is 0 Å². The van der Waals surface area contributed by atoms with Gasteiger partial charge in [0.2, 0.25) is 0 Å². The second-order valence-electron chi connectivity index (χ2n) is 6.55. The monoisotopic (exact) mass is 397 g/mol. The van der Waals surface area contributed by atoms with Crippen molar-refractivity contribution in [1.82, 2.24) is 10.5 Å². The molecule has 150 valence electrons. The van der Waals surface area contributed by atoms with Gasteiger partial charge in [0.1, 0.15) is 18.2 Å². The van der Waals surface area contributed by atoms with Crippen molar-refractivity contribution in [2.24, 2.45) is 0 Å². The Morgan fingerprint density at radius 2 is 1.83 bits per heavy atom. The first kappa shape index (κ1) is 20.1. The summed E-state index contributed by atoms with van der Waals surface area (Å²) >= 11 is 0. The molecule has 0 spiro atoms. The van der Waals surface area contributed by atoms with Crippen LogP contribution in [0.15, 0.2) is 59.1 Å². The number of nitrogens with one attached hydrogen (secondary N) is 2. The molecule has 1 aromatic heterocycles. The van der Waals surface area contributed by atoms with E-state index < -0.39 is 11.7 Å². The number of carbonyl (C=O) groups excluding carboxylic acids is 2. The van der Waals surface area contributed by atoms with Gasteiger partial charge in [-0.1, -0.05) is 17.3 Å². The first-order valence-corrected chi connectivity index (χ1v) is 8.97. The third-order valence-electron chi connectivity index (χ3n) is 3.82. The van der Waals surface area contributed by atoms with Crippen LogP contribution in [0, 0.1) is 5.82 Å². The number of benzene rings is 2. The molecule has 0 aliphatic rings. The first-order valence-electron chi connectivity index (χ1n) is 8.97. The molecule has 3 rings (SSSR count). The molecule has 0 radical (unpaired) electrons. The molecule has 0 bridgehead atoms. The van der Waals surface area contributed by atoms with E-state index in [0.29, 0.717) is 17.2 Å². The largest absolute Gasteiger partial charge is 0.486 e. The summed E-state index contributed by atoms with van der Waals surface area (Å²) in [6, 6.07) is 13.8. The van der Waals surface area contributed by atoms with E-state index in [0.717, 1.165) is 0 Å². The molecule has 0 atom stereocenters. The molecule has 0 saturated carbocycles. The molecule has 3 aromatic rings.